The summed E-state index contributed by atoms with van der Waals surface area (Å²) in [5.74, 6) is 0. The van der Waals surface area contributed by atoms with E-state index in [4.69, 9.17) is 0 Å². The Hall–Kier alpha value is -6.49. The molecule has 0 aliphatic heterocycles. The second-order valence-corrected chi connectivity index (χ2v) is 16.5. The van der Waals surface area contributed by atoms with Crippen molar-refractivity contribution in [3.8, 4) is 28.3 Å². The molecule has 2 heteroatoms. The number of hydrogen-bond acceptors (Lipinski definition) is 1. The van der Waals surface area contributed by atoms with E-state index in [9.17, 15) is 5.26 Å². The first-order valence-electron chi connectivity index (χ1n) is 18.1. The Morgan fingerprint density at radius 2 is 0.906 bits per heavy atom. The molecular weight excluding hydrogens is 706 g/mol. The van der Waals surface area contributed by atoms with Gasteiger partial charge in [-0.05, 0) is 17.7 Å². The van der Waals surface area contributed by atoms with Crippen molar-refractivity contribution in [2.24, 2.45) is 0 Å². The number of benzene rings is 11. The molecule has 0 fully saturated rings. The molecule has 1 heterocycles. The number of nitriles is 1. The first-order chi connectivity index (χ1) is 26.2. The second kappa shape index (κ2) is 10.8. The molecule has 0 saturated carbocycles. The third-order valence-electron chi connectivity index (χ3n) is 11.6. The summed E-state index contributed by atoms with van der Waals surface area (Å²) in [6, 6.07) is 63.0. The molecule has 0 unspecified atom stereocenters. The predicted molar refractivity (Wildman–Crippen MR) is 228 cm³/mol. The van der Waals surface area contributed by atoms with Crippen LogP contribution in [-0.4, -0.2) is 14.5 Å². The smallest absolute Gasteiger partial charge is 0.0438 e. The fraction of sp³-hybridized carbons (Fsp3) is 0. The molecule has 242 valence electrons. The molecule has 0 aliphatic carbocycles. The van der Waals surface area contributed by atoms with Gasteiger partial charge in [0.15, 0.2) is 0 Å². The molecule has 11 aromatic carbocycles. The average Bonchev–Trinajstić information content (AvgIpc) is 3.59. The topological polar surface area (TPSA) is 23.8 Å². The van der Waals surface area contributed by atoms with Crippen molar-refractivity contribution in [1.82, 2.24) is 0 Å². The van der Waals surface area contributed by atoms with Crippen LogP contribution in [0.5, 0.6) is 0 Å². The van der Waals surface area contributed by atoms with Crippen LogP contribution in [0.15, 0.2) is 164 Å². The first kappa shape index (κ1) is 29.1. The Bertz CT molecular complexity index is 3560. The van der Waals surface area contributed by atoms with E-state index in [1.165, 1.54) is 111 Å². The van der Waals surface area contributed by atoms with Crippen LogP contribution in [0.4, 0.5) is 0 Å². The van der Waals surface area contributed by atoms with Gasteiger partial charge in [0.2, 0.25) is 0 Å². The molecule has 12 aromatic rings. The minimum atomic E-state index is 0.213. The molecule has 0 atom stereocenters. The second-order valence-electron chi connectivity index (χ2n) is 14.3. The molecule has 0 spiro atoms. The standard InChI is InChI=1S/C51H27NSe/c52-28-29-9-11-30(12-10-29)36-18-15-31-13-14-32-16-19-37(41-22-21-40(36)48(31)49(32)41)35-17-20-43-45(26-35)39-8-4-3-7-38(39)42-23-24-44-46-25-33-5-1-2-6-34(33)27-47(46)53-51(44)50(42)43/h1-27H. The third-order valence-corrected chi connectivity index (χ3v) is 14.1. The van der Waals surface area contributed by atoms with Crippen molar-refractivity contribution in [1.29, 1.82) is 5.26 Å². The van der Waals surface area contributed by atoms with Crippen molar-refractivity contribution >= 4 is 109 Å². The minimum absolute atomic E-state index is 0.213. The zero-order chi connectivity index (χ0) is 34.8. The van der Waals surface area contributed by atoms with Gasteiger partial charge in [0.25, 0.3) is 0 Å². The maximum Gasteiger partial charge on any atom is -0.0438 e. The van der Waals surface area contributed by atoms with E-state index < -0.39 is 0 Å². The SMILES string of the molecule is N#Cc1ccc(-c2ccc3ccc4ccc(-c5ccc6c(c5)c5ccccc5c5ccc7c8cc9ccccc9cc8[se]c7c56)c5ccc2c3c45)cc1. The average molecular weight is 733 g/mol. The van der Waals surface area contributed by atoms with Crippen LogP contribution in [-0.2, 0) is 0 Å². The van der Waals surface area contributed by atoms with E-state index >= 15 is 0 Å². The minimum Gasteiger partial charge on any atom is -0.0530 e. The van der Waals surface area contributed by atoms with E-state index in [0.717, 1.165) is 5.56 Å². The normalized spacial score (nSPS) is 12.1. The summed E-state index contributed by atoms with van der Waals surface area (Å²) in [6.07, 6.45) is 0. The van der Waals surface area contributed by atoms with Crippen LogP contribution < -0.4 is 0 Å². The van der Waals surface area contributed by atoms with Gasteiger partial charge in [-0.1, -0.05) is 18.2 Å². The fourth-order valence-electron chi connectivity index (χ4n) is 9.15. The van der Waals surface area contributed by atoms with E-state index in [1.807, 2.05) is 12.1 Å². The Morgan fingerprint density at radius 1 is 0.358 bits per heavy atom. The van der Waals surface area contributed by atoms with Crippen LogP contribution in [0.25, 0.3) is 117 Å². The molecule has 0 saturated heterocycles. The maximum atomic E-state index is 9.39. The molecule has 1 aromatic heterocycles. The van der Waals surface area contributed by atoms with E-state index in [0.29, 0.717) is 5.56 Å². The number of rotatable bonds is 2. The molecule has 0 bridgehead atoms. The summed E-state index contributed by atoms with van der Waals surface area (Å²) in [6.45, 7) is 0. The van der Waals surface area contributed by atoms with Crippen molar-refractivity contribution in [2.45, 2.75) is 0 Å². The summed E-state index contributed by atoms with van der Waals surface area (Å²) in [7, 11) is 0. The van der Waals surface area contributed by atoms with E-state index in [1.54, 1.807) is 0 Å². The number of nitrogens with zero attached hydrogens (tertiary/aromatic N) is 1. The number of hydrogen-bond donors (Lipinski definition) is 0. The van der Waals surface area contributed by atoms with E-state index in [2.05, 4.69) is 158 Å². The van der Waals surface area contributed by atoms with Gasteiger partial charge in [0, 0.05) is 0 Å². The van der Waals surface area contributed by atoms with Gasteiger partial charge in [-0.3, -0.25) is 0 Å². The Labute approximate surface area is 310 Å². The quantitative estimate of drug-likeness (QED) is 0.128. The fourth-order valence-corrected chi connectivity index (χ4v) is 11.9. The molecule has 0 aliphatic rings. The molecular formula is C51H27NSe. The van der Waals surface area contributed by atoms with Crippen molar-refractivity contribution in [3.63, 3.8) is 0 Å². The zero-order valence-electron chi connectivity index (χ0n) is 28.4. The predicted octanol–water partition coefficient (Wildman–Crippen LogP) is 13.8. The summed E-state index contributed by atoms with van der Waals surface area (Å²) in [4.78, 5) is 0. The van der Waals surface area contributed by atoms with Crippen molar-refractivity contribution in [3.05, 3.63) is 169 Å². The summed E-state index contributed by atoms with van der Waals surface area (Å²) in [5.41, 5.74) is 5.48. The van der Waals surface area contributed by atoms with Gasteiger partial charge >= 0.3 is 259 Å². The molecule has 0 radical (unpaired) electrons. The Balaban J connectivity index is 1.13. The molecule has 12 rings (SSSR count). The summed E-state index contributed by atoms with van der Waals surface area (Å²) >= 11 is 0.213. The van der Waals surface area contributed by atoms with Crippen LogP contribution in [0, 0.1) is 11.3 Å². The van der Waals surface area contributed by atoms with Gasteiger partial charge in [-0.2, -0.15) is 5.26 Å². The van der Waals surface area contributed by atoms with Gasteiger partial charge in [0.1, 0.15) is 0 Å². The van der Waals surface area contributed by atoms with Gasteiger partial charge in [-0.15, -0.1) is 0 Å². The maximum absolute atomic E-state index is 9.39. The van der Waals surface area contributed by atoms with Crippen LogP contribution in [0.2, 0.25) is 0 Å². The van der Waals surface area contributed by atoms with Gasteiger partial charge in [0.05, 0.1) is 11.6 Å². The number of fused-ring (bicyclic) bond motifs is 11. The van der Waals surface area contributed by atoms with Crippen LogP contribution in [0.1, 0.15) is 5.56 Å². The zero-order valence-corrected chi connectivity index (χ0v) is 30.2. The van der Waals surface area contributed by atoms with Crippen LogP contribution >= 0.6 is 0 Å². The summed E-state index contributed by atoms with van der Waals surface area (Å²) in [5, 5.41) is 30.4. The Morgan fingerprint density at radius 3 is 1.62 bits per heavy atom. The van der Waals surface area contributed by atoms with Crippen molar-refractivity contribution < 1.29 is 0 Å². The molecule has 0 amide bonds. The van der Waals surface area contributed by atoms with Gasteiger partial charge in [-0.25, -0.2) is 0 Å². The Kier molecular flexibility index (Phi) is 5.92. The van der Waals surface area contributed by atoms with Crippen molar-refractivity contribution in [2.75, 3.05) is 0 Å². The molecule has 1 nitrogen and oxygen atoms in total. The van der Waals surface area contributed by atoms with Gasteiger partial charge < -0.3 is 0 Å². The summed E-state index contributed by atoms with van der Waals surface area (Å²) < 4.78 is 2.98. The first-order valence-corrected chi connectivity index (χ1v) is 19.8. The largest absolute Gasteiger partial charge is 0.0530 e. The third kappa shape index (κ3) is 4.07. The monoisotopic (exact) mass is 733 g/mol. The molecule has 53 heavy (non-hydrogen) atoms. The van der Waals surface area contributed by atoms with Crippen LogP contribution in [0.3, 0.4) is 0 Å². The van der Waals surface area contributed by atoms with E-state index in [-0.39, 0.29) is 14.5 Å². The molecule has 0 N–H and O–H groups in total.